The van der Waals surface area contributed by atoms with Crippen molar-refractivity contribution in [2.75, 3.05) is 18.8 Å². The molecule has 1 aromatic rings. The van der Waals surface area contributed by atoms with E-state index in [0.717, 1.165) is 22.3 Å². The summed E-state index contributed by atoms with van der Waals surface area (Å²) < 4.78 is 32.3. The fraction of sp³-hybridized carbons (Fsp3) is 0.455. The molecule has 18 heavy (non-hydrogen) atoms. The molecule has 0 aliphatic heterocycles. The van der Waals surface area contributed by atoms with E-state index in [4.69, 9.17) is 11.6 Å². The molecule has 4 nitrogen and oxygen atoms in total. The van der Waals surface area contributed by atoms with Crippen LogP contribution in [0.3, 0.4) is 0 Å². The van der Waals surface area contributed by atoms with Crippen molar-refractivity contribution < 1.29 is 17.9 Å². The molecular weight excluding hydrogens is 294 g/mol. The Morgan fingerprint density at radius 1 is 1.50 bits per heavy atom. The normalized spacial score (nSPS) is 13.4. The minimum atomic E-state index is -4.11. The van der Waals surface area contributed by atoms with Gasteiger partial charge < -0.3 is 9.45 Å². The molecule has 0 aliphatic rings. The molecule has 1 atom stereocenters. The largest absolute Gasteiger partial charge is 0.748 e. The number of quaternary nitrogens is 1. The number of rotatable bonds is 8. The van der Waals surface area contributed by atoms with E-state index in [2.05, 4.69) is 6.58 Å². The first-order valence-electron chi connectivity index (χ1n) is 5.53. The van der Waals surface area contributed by atoms with Gasteiger partial charge in [0.25, 0.3) is 0 Å². The summed E-state index contributed by atoms with van der Waals surface area (Å²) in [4.78, 5) is 2.31. The van der Waals surface area contributed by atoms with Crippen LogP contribution in [-0.4, -0.2) is 31.8 Å². The zero-order valence-corrected chi connectivity index (χ0v) is 12.3. The molecule has 1 N–H and O–H groups in total. The molecule has 1 unspecified atom stereocenters. The molecule has 1 heterocycles. The van der Waals surface area contributed by atoms with E-state index in [1.165, 1.54) is 16.2 Å². The molecule has 1 rings (SSSR count). The van der Waals surface area contributed by atoms with Crippen LogP contribution in [0.5, 0.6) is 0 Å². The molecular formula is C11H16ClNO3S2. The first kappa shape index (κ1) is 15.7. The van der Waals surface area contributed by atoms with Crippen LogP contribution < -0.4 is 4.90 Å². The maximum Gasteiger partial charge on any atom is 0.112 e. The van der Waals surface area contributed by atoms with Crippen LogP contribution in [-0.2, 0) is 16.7 Å². The van der Waals surface area contributed by atoms with Gasteiger partial charge in [-0.15, -0.1) is 11.3 Å². The molecule has 0 amide bonds. The molecule has 0 spiro atoms. The molecule has 0 saturated heterocycles. The lowest BCUT2D eigenvalue weighted by Crippen LogP contribution is -3.10. The van der Waals surface area contributed by atoms with Crippen LogP contribution in [0, 0.1) is 0 Å². The summed E-state index contributed by atoms with van der Waals surface area (Å²) in [5.41, 5.74) is 0. The summed E-state index contributed by atoms with van der Waals surface area (Å²) in [5, 5.41) is 0. The molecule has 0 aliphatic carbocycles. The van der Waals surface area contributed by atoms with Crippen molar-refractivity contribution in [3.63, 3.8) is 0 Å². The molecule has 0 bridgehead atoms. The Balaban J connectivity index is 2.47. The van der Waals surface area contributed by atoms with Crippen LogP contribution in [0.25, 0.3) is 0 Å². The van der Waals surface area contributed by atoms with Crippen LogP contribution in [0.15, 0.2) is 24.8 Å². The monoisotopic (exact) mass is 309 g/mol. The second kappa shape index (κ2) is 7.25. The Kier molecular flexibility index (Phi) is 6.31. The second-order valence-electron chi connectivity index (χ2n) is 3.99. The quantitative estimate of drug-likeness (QED) is 0.573. The summed E-state index contributed by atoms with van der Waals surface area (Å²) in [7, 11) is -4.11. The first-order chi connectivity index (χ1) is 8.40. The predicted octanol–water partition coefficient (Wildman–Crippen LogP) is 0.908. The van der Waals surface area contributed by atoms with Crippen molar-refractivity contribution in [2.24, 2.45) is 0 Å². The summed E-state index contributed by atoms with van der Waals surface area (Å²) in [6, 6.07) is 3.80. The molecule has 1 aromatic heterocycles. The minimum Gasteiger partial charge on any atom is -0.748 e. The van der Waals surface area contributed by atoms with Crippen molar-refractivity contribution in [1.29, 1.82) is 0 Å². The van der Waals surface area contributed by atoms with Gasteiger partial charge in [0.1, 0.15) is 6.54 Å². The molecule has 0 saturated carbocycles. The summed E-state index contributed by atoms with van der Waals surface area (Å²) in [6.07, 6.45) is 2.16. The highest BCUT2D eigenvalue weighted by molar-refractivity contribution is 7.85. The van der Waals surface area contributed by atoms with Crippen LogP contribution in [0.1, 0.15) is 11.3 Å². The lowest BCUT2D eigenvalue weighted by Gasteiger charge is -2.17. The first-order valence-corrected chi connectivity index (χ1v) is 8.30. The smallest absolute Gasteiger partial charge is 0.112 e. The van der Waals surface area contributed by atoms with Gasteiger partial charge in [-0.3, -0.25) is 0 Å². The van der Waals surface area contributed by atoms with Gasteiger partial charge in [-0.05, 0) is 18.2 Å². The van der Waals surface area contributed by atoms with E-state index in [1.54, 1.807) is 6.08 Å². The molecule has 7 heteroatoms. The Morgan fingerprint density at radius 3 is 2.72 bits per heavy atom. The zero-order valence-electron chi connectivity index (χ0n) is 9.89. The van der Waals surface area contributed by atoms with Gasteiger partial charge in [0.15, 0.2) is 0 Å². The third-order valence-corrected chi connectivity index (χ3v) is 4.43. The molecule has 0 fully saturated rings. The minimum absolute atomic E-state index is 0.307. The van der Waals surface area contributed by atoms with Gasteiger partial charge in [-0.25, -0.2) is 8.42 Å². The van der Waals surface area contributed by atoms with Gasteiger partial charge in [-0.1, -0.05) is 18.2 Å². The maximum absolute atomic E-state index is 10.5. The lowest BCUT2D eigenvalue weighted by molar-refractivity contribution is -0.907. The maximum atomic E-state index is 10.5. The predicted molar refractivity (Wildman–Crippen MR) is 73.1 cm³/mol. The van der Waals surface area contributed by atoms with Crippen molar-refractivity contribution in [3.05, 3.63) is 34.0 Å². The third-order valence-electron chi connectivity index (χ3n) is 2.41. The summed E-state index contributed by atoms with van der Waals surface area (Å²) in [6.45, 7) is 5.81. The number of hydrogen-bond donors (Lipinski definition) is 1. The fourth-order valence-corrected chi connectivity index (χ4v) is 3.32. The van der Waals surface area contributed by atoms with E-state index in [1.807, 2.05) is 12.1 Å². The highest BCUT2D eigenvalue weighted by atomic mass is 35.5. The second-order valence-corrected chi connectivity index (χ2v) is 7.31. The number of halogens is 1. The number of thiophene rings is 1. The summed E-state index contributed by atoms with van der Waals surface area (Å²) >= 11 is 7.36. The Labute approximate surface area is 117 Å². The zero-order chi connectivity index (χ0) is 13.6. The average molecular weight is 310 g/mol. The van der Waals surface area contributed by atoms with E-state index in [-0.39, 0.29) is 5.75 Å². The van der Waals surface area contributed by atoms with Gasteiger partial charge in [0, 0.05) is 12.2 Å². The molecule has 0 radical (unpaired) electrons. The van der Waals surface area contributed by atoms with E-state index in [9.17, 15) is 13.0 Å². The molecule has 102 valence electrons. The van der Waals surface area contributed by atoms with Crippen molar-refractivity contribution in [1.82, 2.24) is 0 Å². The molecule has 0 aromatic carbocycles. The van der Waals surface area contributed by atoms with Gasteiger partial charge in [-0.2, -0.15) is 0 Å². The SMILES string of the molecule is C=CC[NH+](CCCS(=O)(=O)[O-])Cc1ccc(Cl)s1. The number of nitrogens with one attached hydrogen (secondary N) is 1. The van der Waals surface area contributed by atoms with Crippen molar-refractivity contribution >= 4 is 33.1 Å². The average Bonchev–Trinajstić information content (AvgIpc) is 2.62. The summed E-state index contributed by atoms with van der Waals surface area (Å²) in [5.74, 6) is -0.307. The number of hydrogen-bond acceptors (Lipinski definition) is 4. The van der Waals surface area contributed by atoms with Crippen molar-refractivity contribution in [2.45, 2.75) is 13.0 Å². The topological polar surface area (TPSA) is 61.6 Å². The standard InChI is InChI=1S/C11H16ClNO3S2/c1-2-6-13(7-3-8-18(14,15)16)9-10-4-5-11(12)17-10/h2,4-5H,1,3,6-9H2,(H,14,15,16). The highest BCUT2D eigenvalue weighted by Gasteiger charge is 2.10. The third kappa shape index (κ3) is 6.51. The van der Waals surface area contributed by atoms with Crippen molar-refractivity contribution in [3.8, 4) is 0 Å². The van der Waals surface area contributed by atoms with Gasteiger partial charge >= 0.3 is 0 Å². The Morgan fingerprint density at radius 2 is 2.22 bits per heavy atom. The lowest BCUT2D eigenvalue weighted by atomic mass is 10.3. The Hall–Kier alpha value is -0.400. The van der Waals surface area contributed by atoms with E-state index in [0.29, 0.717) is 13.0 Å². The Bertz CT molecular complexity index is 484. The van der Waals surface area contributed by atoms with Crippen LogP contribution in [0.2, 0.25) is 4.34 Å². The van der Waals surface area contributed by atoms with Gasteiger partial charge in [0.05, 0.1) is 32.4 Å². The van der Waals surface area contributed by atoms with Crippen LogP contribution >= 0.6 is 22.9 Å². The fourth-order valence-electron chi connectivity index (χ4n) is 1.66. The van der Waals surface area contributed by atoms with Gasteiger partial charge in [0.2, 0.25) is 0 Å². The highest BCUT2D eigenvalue weighted by Crippen LogP contribution is 2.20. The van der Waals surface area contributed by atoms with E-state index < -0.39 is 10.1 Å². The van der Waals surface area contributed by atoms with E-state index >= 15 is 0 Å². The van der Waals surface area contributed by atoms with Crippen LogP contribution in [0.4, 0.5) is 0 Å².